The van der Waals surface area contributed by atoms with Crippen LogP contribution in [0, 0.1) is 22.9 Å². The molecule has 0 saturated heterocycles. The average molecular weight is 241 g/mol. The maximum Gasteiger partial charge on any atom is 0.310 e. The number of nitrogens with zero attached hydrogens (tertiary/aromatic N) is 1. The second-order valence-electron chi connectivity index (χ2n) is 3.45. The first kappa shape index (κ1) is 13.1. The molecule has 0 amide bonds. The summed E-state index contributed by atoms with van der Waals surface area (Å²) >= 11 is 0. The van der Waals surface area contributed by atoms with Gasteiger partial charge in [0.15, 0.2) is 0 Å². The zero-order valence-electron chi connectivity index (χ0n) is 9.53. The molecule has 0 saturated carbocycles. The van der Waals surface area contributed by atoms with Crippen molar-refractivity contribution in [1.82, 2.24) is 0 Å². The molecule has 92 valence electrons. The van der Waals surface area contributed by atoms with Gasteiger partial charge < -0.3 is 4.74 Å². The molecular formula is C11H12FNO4. The van der Waals surface area contributed by atoms with Crippen molar-refractivity contribution in [3.63, 3.8) is 0 Å². The van der Waals surface area contributed by atoms with Crippen molar-refractivity contribution in [2.45, 2.75) is 20.3 Å². The number of esters is 1. The Balaban J connectivity index is 3.07. The summed E-state index contributed by atoms with van der Waals surface area (Å²) < 4.78 is 17.9. The summed E-state index contributed by atoms with van der Waals surface area (Å²) in [5.41, 5.74) is 0.226. The Kier molecular flexibility index (Phi) is 4.14. The number of halogens is 1. The minimum Gasteiger partial charge on any atom is -0.466 e. The molecule has 0 radical (unpaired) electrons. The number of hydrogen-bond donors (Lipinski definition) is 0. The summed E-state index contributed by atoms with van der Waals surface area (Å²) in [4.78, 5) is 21.2. The van der Waals surface area contributed by atoms with Crippen LogP contribution >= 0.6 is 0 Å². The maximum atomic E-state index is 13.1. The summed E-state index contributed by atoms with van der Waals surface area (Å²) in [7, 11) is 0. The van der Waals surface area contributed by atoms with Gasteiger partial charge in [0, 0.05) is 5.56 Å². The van der Waals surface area contributed by atoms with Crippen molar-refractivity contribution >= 4 is 11.7 Å². The smallest absolute Gasteiger partial charge is 0.310 e. The van der Waals surface area contributed by atoms with Gasteiger partial charge >= 0.3 is 5.97 Å². The van der Waals surface area contributed by atoms with E-state index in [1.54, 1.807) is 6.92 Å². The number of rotatable bonds is 4. The third-order valence-electron chi connectivity index (χ3n) is 2.29. The molecule has 0 atom stereocenters. The predicted octanol–water partition coefficient (Wildman–Crippen LogP) is 2.15. The number of hydrogen-bond acceptors (Lipinski definition) is 4. The first-order chi connectivity index (χ1) is 7.95. The standard InChI is InChI=1S/C11H12FNO4/c1-3-17-11(14)5-8-4-9(12)6-10(7(8)2)13(15)16/h4,6H,3,5H2,1-2H3. The normalized spacial score (nSPS) is 10.1. The van der Waals surface area contributed by atoms with Gasteiger partial charge in [0.2, 0.25) is 0 Å². The van der Waals surface area contributed by atoms with E-state index in [1.165, 1.54) is 6.92 Å². The maximum absolute atomic E-state index is 13.1. The van der Waals surface area contributed by atoms with Crippen molar-refractivity contribution in [2.24, 2.45) is 0 Å². The average Bonchev–Trinajstić information content (AvgIpc) is 2.22. The van der Waals surface area contributed by atoms with Crippen LogP contribution < -0.4 is 0 Å². The second kappa shape index (κ2) is 5.38. The summed E-state index contributed by atoms with van der Waals surface area (Å²) in [6.07, 6.45) is -0.168. The molecule has 0 aliphatic carbocycles. The number of ether oxygens (including phenoxy) is 1. The van der Waals surface area contributed by atoms with Gasteiger partial charge in [0.25, 0.3) is 5.69 Å². The SMILES string of the molecule is CCOC(=O)Cc1cc(F)cc([N+](=O)[O-])c1C. The van der Waals surface area contributed by atoms with Crippen molar-refractivity contribution in [2.75, 3.05) is 6.61 Å². The Labute approximate surface area is 97.3 Å². The van der Waals surface area contributed by atoms with E-state index in [2.05, 4.69) is 0 Å². The molecule has 0 aromatic heterocycles. The molecule has 0 spiro atoms. The molecule has 1 aromatic rings. The van der Waals surface area contributed by atoms with E-state index in [0.717, 1.165) is 12.1 Å². The highest BCUT2D eigenvalue weighted by molar-refractivity contribution is 5.73. The van der Waals surface area contributed by atoms with Crippen molar-refractivity contribution in [1.29, 1.82) is 0 Å². The molecule has 1 aromatic carbocycles. The van der Waals surface area contributed by atoms with Crippen LogP contribution in [0.2, 0.25) is 0 Å². The first-order valence-electron chi connectivity index (χ1n) is 5.04. The van der Waals surface area contributed by atoms with Crippen molar-refractivity contribution < 1.29 is 18.8 Å². The van der Waals surface area contributed by atoms with Gasteiger partial charge in [-0.05, 0) is 25.5 Å². The highest BCUT2D eigenvalue weighted by Gasteiger charge is 2.18. The zero-order valence-corrected chi connectivity index (χ0v) is 9.53. The fourth-order valence-corrected chi connectivity index (χ4v) is 1.46. The third kappa shape index (κ3) is 3.24. The van der Waals surface area contributed by atoms with Crippen LogP contribution in [-0.2, 0) is 16.0 Å². The fourth-order valence-electron chi connectivity index (χ4n) is 1.46. The zero-order chi connectivity index (χ0) is 13.0. The van der Waals surface area contributed by atoms with Gasteiger partial charge in [-0.2, -0.15) is 0 Å². The Morgan fingerprint density at radius 1 is 1.53 bits per heavy atom. The highest BCUT2D eigenvalue weighted by Crippen LogP contribution is 2.23. The van der Waals surface area contributed by atoms with Crippen LogP contribution in [0.3, 0.4) is 0 Å². The molecule has 0 unspecified atom stereocenters. The molecule has 0 N–H and O–H groups in total. The molecule has 5 nitrogen and oxygen atoms in total. The molecule has 0 heterocycles. The van der Waals surface area contributed by atoms with Crippen LogP contribution in [0.15, 0.2) is 12.1 Å². The van der Waals surface area contributed by atoms with Crippen molar-refractivity contribution in [3.05, 3.63) is 39.2 Å². The number of carbonyl (C=O) groups excluding carboxylic acids is 1. The van der Waals surface area contributed by atoms with Crippen LogP contribution in [0.25, 0.3) is 0 Å². The van der Waals surface area contributed by atoms with E-state index in [9.17, 15) is 19.3 Å². The summed E-state index contributed by atoms with van der Waals surface area (Å²) in [5, 5.41) is 10.7. The molecule has 6 heteroatoms. The molecule has 0 aliphatic heterocycles. The lowest BCUT2D eigenvalue weighted by atomic mass is 10.0. The Morgan fingerprint density at radius 2 is 2.18 bits per heavy atom. The largest absolute Gasteiger partial charge is 0.466 e. The molecule has 1 rings (SSSR count). The monoisotopic (exact) mass is 241 g/mol. The van der Waals surface area contributed by atoms with Gasteiger partial charge in [-0.15, -0.1) is 0 Å². The highest BCUT2D eigenvalue weighted by atomic mass is 19.1. The van der Waals surface area contributed by atoms with E-state index in [1.807, 2.05) is 0 Å². The Bertz CT molecular complexity index is 459. The lowest BCUT2D eigenvalue weighted by Crippen LogP contribution is -2.09. The predicted molar refractivity (Wildman–Crippen MR) is 58.1 cm³/mol. The third-order valence-corrected chi connectivity index (χ3v) is 2.29. The van der Waals surface area contributed by atoms with Crippen molar-refractivity contribution in [3.8, 4) is 0 Å². The van der Waals surface area contributed by atoms with Gasteiger partial charge in [-0.25, -0.2) is 4.39 Å². The summed E-state index contributed by atoms with van der Waals surface area (Å²) in [6, 6.07) is 1.95. The number of nitro benzene ring substituents is 1. The lowest BCUT2D eigenvalue weighted by Gasteiger charge is -2.06. The number of carbonyl (C=O) groups is 1. The summed E-state index contributed by atoms with van der Waals surface area (Å²) in [6.45, 7) is 3.35. The molecule has 0 aliphatic rings. The first-order valence-corrected chi connectivity index (χ1v) is 5.04. The van der Waals surface area contributed by atoms with Crippen LogP contribution in [0.1, 0.15) is 18.1 Å². The van der Waals surface area contributed by atoms with Crippen LogP contribution in [-0.4, -0.2) is 17.5 Å². The quantitative estimate of drug-likeness (QED) is 0.460. The fraction of sp³-hybridized carbons (Fsp3) is 0.364. The Morgan fingerprint density at radius 3 is 2.71 bits per heavy atom. The number of benzene rings is 1. The van der Waals surface area contributed by atoms with E-state index in [-0.39, 0.29) is 29.8 Å². The van der Waals surface area contributed by atoms with Gasteiger partial charge in [-0.3, -0.25) is 14.9 Å². The minimum absolute atomic E-state index is 0.168. The van der Waals surface area contributed by atoms with Crippen LogP contribution in [0.5, 0.6) is 0 Å². The van der Waals surface area contributed by atoms with E-state index < -0.39 is 16.7 Å². The van der Waals surface area contributed by atoms with Gasteiger partial charge in [-0.1, -0.05) is 0 Å². The minimum atomic E-state index is -0.735. The van der Waals surface area contributed by atoms with E-state index >= 15 is 0 Å². The molecule has 0 fully saturated rings. The Hall–Kier alpha value is -1.98. The van der Waals surface area contributed by atoms with Gasteiger partial charge in [0.1, 0.15) is 5.82 Å². The number of nitro groups is 1. The second-order valence-corrected chi connectivity index (χ2v) is 3.45. The van der Waals surface area contributed by atoms with Gasteiger partial charge in [0.05, 0.1) is 24.0 Å². The molecule has 17 heavy (non-hydrogen) atoms. The lowest BCUT2D eigenvalue weighted by molar-refractivity contribution is -0.385. The van der Waals surface area contributed by atoms with Crippen LogP contribution in [0.4, 0.5) is 10.1 Å². The molecular weight excluding hydrogens is 229 g/mol. The van der Waals surface area contributed by atoms with E-state index in [4.69, 9.17) is 4.74 Å². The van der Waals surface area contributed by atoms with E-state index in [0.29, 0.717) is 0 Å². The molecule has 0 bridgehead atoms. The topological polar surface area (TPSA) is 69.4 Å². The summed E-state index contributed by atoms with van der Waals surface area (Å²) in [5.74, 6) is -1.27.